The molecule has 1 amide bonds. The molecule has 2 aliphatic heterocycles. The summed E-state index contributed by atoms with van der Waals surface area (Å²) in [7, 11) is 0. The molecule has 5 heteroatoms. The van der Waals surface area contributed by atoms with Gasteiger partial charge in [0.15, 0.2) is 0 Å². The Bertz CT molecular complexity index is 1150. The minimum Gasteiger partial charge on any atom is -0.311 e. The van der Waals surface area contributed by atoms with E-state index in [1.54, 1.807) is 11.3 Å². The Morgan fingerprint density at radius 1 is 1.12 bits per heavy atom. The highest BCUT2D eigenvalue weighted by Crippen LogP contribution is 2.47. The van der Waals surface area contributed by atoms with Crippen molar-refractivity contribution in [2.24, 2.45) is 0 Å². The molecular weight excluding hydrogens is 414 g/mol. The first kappa shape index (κ1) is 20.9. The minimum atomic E-state index is 0.0492. The number of benzene rings is 2. The van der Waals surface area contributed by atoms with Crippen molar-refractivity contribution in [1.29, 1.82) is 5.26 Å². The molecule has 1 saturated heterocycles. The van der Waals surface area contributed by atoms with E-state index in [0.717, 1.165) is 49.6 Å². The molecule has 1 spiro atoms. The number of likely N-dealkylation sites (tertiary alicyclic amines) is 1. The average Bonchev–Trinajstić information content (AvgIpc) is 3.42. The van der Waals surface area contributed by atoms with E-state index >= 15 is 0 Å². The smallest absolute Gasteiger partial charge is 0.232 e. The van der Waals surface area contributed by atoms with Crippen LogP contribution in [0.3, 0.4) is 0 Å². The highest BCUT2D eigenvalue weighted by Gasteiger charge is 2.46. The summed E-state index contributed by atoms with van der Waals surface area (Å²) in [6.45, 7) is 5.87. The molecule has 0 N–H and O–H groups in total. The van der Waals surface area contributed by atoms with Crippen LogP contribution in [0.2, 0.25) is 0 Å². The number of fused-ring (bicyclic) bond motifs is 2. The van der Waals surface area contributed by atoms with Crippen molar-refractivity contribution < 1.29 is 4.79 Å². The summed E-state index contributed by atoms with van der Waals surface area (Å²) in [6, 6.07) is 20.7. The number of aryl methyl sites for hydroxylation is 1. The molecular formula is C27H27N3OS. The minimum absolute atomic E-state index is 0.0492. The predicted octanol–water partition coefficient (Wildman–Crippen LogP) is 5.05. The van der Waals surface area contributed by atoms with Gasteiger partial charge in [-0.1, -0.05) is 35.9 Å². The lowest BCUT2D eigenvalue weighted by Gasteiger charge is -2.40. The van der Waals surface area contributed by atoms with Gasteiger partial charge in [0.2, 0.25) is 5.91 Å². The molecule has 2 aliphatic rings. The molecule has 0 unspecified atom stereocenters. The third-order valence-electron chi connectivity index (χ3n) is 6.98. The fourth-order valence-corrected chi connectivity index (χ4v) is 5.87. The second kappa shape index (κ2) is 8.54. The van der Waals surface area contributed by atoms with Crippen LogP contribution in [0.5, 0.6) is 0 Å². The van der Waals surface area contributed by atoms with Crippen LogP contribution >= 0.6 is 11.3 Å². The average molecular weight is 442 g/mol. The molecule has 32 heavy (non-hydrogen) atoms. The molecule has 0 aliphatic carbocycles. The van der Waals surface area contributed by atoms with Crippen molar-refractivity contribution in [3.8, 4) is 6.07 Å². The maximum Gasteiger partial charge on any atom is 0.232 e. The van der Waals surface area contributed by atoms with Gasteiger partial charge in [-0.25, -0.2) is 0 Å². The predicted molar refractivity (Wildman–Crippen MR) is 129 cm³/mol. The Balaban J connectivity index is 1.32. The molecule has 1 fully saturated rings. The van der Waals surface area contributed by atoms with Gasteiger partial charge in [0, 0.05) is 29.1 Å². The summed E-state index contributed by atoms with van der Waals surface area (Å²) in [5.74, 6) is 0.203. The fourth-order valence-electron chi connectivity index (χ4n) is 5.17. The monoisotopic (exact) mass is 441 g/mol. The van der Waals surface area contributed by atoms with Crippen molar-refractivity contribution in [2.75, 3.05) is 24.5 Å². The van der Waals surface area contributed by atoms with Gasteiger partial charge in [0.25, 0.3) is 0 Å². The lowest BCUT2D eigenvalue weighted by Crippen LogP contribution is -2.46. The number of nitrogens with zero attached hydrogens (tertiary/aromatic N) is 3. The zero-order valence-electron chi connectivity index (χ0n) is 18.4. The highest BCUT2D eigenvalue weighted by molar-refractivity contribution is 7.10. The summed E-state index contributed by atoms with van der Waals surface area (Å²) in [4.78, 5) is 18.9. The van der Waals surface area contributed by atoms with Crippen molar-refractivity contribution in [2.45, 2.75) is 38.1 Å². The number of anilines is 1. The van der Waals surface area contributed by atoms with Gasteiger partial charge in [-0.2, -0.15) is 5.26 Å². The highest BCUT2D eigenvalue weighted by atomic mass is 32.1. The third kappa shape index (κ3) is 3.97. The van der Waals surface area contributed by atoms with E-state index in [4.69, 9.17) is 5.26 Å². The van der Waals surface area contributed by atoms with Gasteiger partial charge in [-0.05, 0) is 73.6 Å². The quantitative estimate of drug-likeness (QED) is 0.569. The summed E-state index contributed by atoms with van der Waals surface area (Å²) in [6.07, 6.45) is 2.59. The second-order valence-electron chi connectivity index (χ2n) is 9.12. The van der Waals surface area contributed by atoms with Crippen LogP contribution in [0, 0.1) is 18.3 Å². The molecule has 3 heterocycles. The topological polar surface area (TPSA) is 47.3 Å². The van der Waals surface area contributed by atoms with Gasteiger partial charge < -0.3 is 4.90 Å². The molecule has 1 aromatic heterocycles. The van der Waals surface area contributed by atoms with E-state index in [2.05, 4.69) is 48.2 Å². The number of carbonyl (C=O) groups excluding carboxylic acids is 1. The van der Waals surface area contributed by atoms with E-state index in [-0.39, 0.29) is 11.3 Å². The van der Waals surface area contributed by atoms with E-state index in [9.17, 15) is 4.79 Å². The Labute approximate surface area is 193 Å². The molecule has 3 aromatic rings. The maximum absolute atomic E-state index is 13.2. The van der Waals surface area contributed by atoms with E-state index < -0.39 is 0 Å². The molecule has 0 bridgehead atoms. The number of thiophene rings is 1. The number of piperidine rings is 1. The van der Waals surface area contributed by atoms with Crippen LogP contribution in [-0.2, 0) is 23.2 Å². The van der Waals surface area contributed by atoms with Crippen LogP contribution in [0.15, 0.2) is 60.0 Å². The van der Waals surface area contributed by atoms with Crippen molar-refractivity contribution >= 4 is 22.9 Å². The van der Waals surface area contributed by atoms with Crippen LogP contribution in [0.25, 0.3) is 0 Å². The Hall–Kier alpha value is -2.94. The Morgan fingerprint density at radius 2 is 1.91 bits per heavy atom. The first-order valence-electron chi connectivity index (χ1n) is 11.2. The van der Waals surface area contributed by atoms with Gasteiger partial charge in [0.05, 0.1) is 18.1 Å². The number of hydrogen-bond acceptors (Lipinski definition) is 4. The molecule has 5 rings (SSSR count). The fraction of sp³-hybridized carbons (Fsp3) is 0.333. The van der Waals surface area contributed by atoms with Gasteiger partial charge in [0.1, 0.15) is 0 Å². The number of amides is 1. The molecule has 4 nitrogen and oxygen atoms in total. The zero-order valence-corrected chi connectivity index (χ0v) is 19.2. The first-order valence-corrected chi connectivity index (χ1v) is 12.1. The van der Waals surface area contributed by atoms with Crippen LogP contribution in [0.4, 0.5) is 5.69 Å². The summed E-state index contributed by atoms with van der Waals surface area (Å²) < 4.78 is 0. The summed E-state index contributed by atoms with van der Waals surface area (Å²) in [5, 5.41) is 11.0. The molecule has 2 aromatic carbocycles. The van der Waals surface area contributed by atoms with Crippen LogP contribution < -0.4 is 4.90 Å². The van der Waals surface area contributed by atoms with Crippen LogP contribution in [0.1, 0.15) is 40.0 Å². The first-order chi connectivity index (χ1) is 15.6. The molecule has 162 valence electrons. The van der Waals surface area contributed by atoms with E-state index in [1.807, 2.05) is 34.5 Å². The van der Waals surface area contributed by atoms with Gasteiger partial charge in [-0.15, -0.1) is 11.3 Å². The molecule has 0 radical (unpaired) electrons. The third-order valence-corrected chi connectivity index (χ3v) is 7.86. The number of nitriles is 1. The van der Waals surface area contributed by atoms with Crippen molar-refractivity contribution in [1.82, 2.24) is 4.90 Å². The summed E-state index contributed by atoms with van der Waals surface area (Å²) in [5.41, 5.74) is 5.73. The largest absolute Gasteiger partial charge is 0.311 e. The normalized spacial score (nSPS) is 17.3. The lowest BCUT2D eigenvalue weighted by molar-refractivity contribution is -0.118. The maximum atomic E-state index is 13.2. The SMILES string of the molecule is Cc1ccc2c(c1)C1(CCN(Cc3ccc(C#N)cc3)CC1)CN2C(=O)Cc1cccs1. The Kier molecular flexibility index (Phi) is 5.58. The number of hydrogen-bond donors (Lipinski definition) is 0. The van der Waals surface area contributed by atoms with Crippen molar-refractivity contribution in [3.05, 3.63) is 87.1 Å². The van der Waals surface area contributed by atoms with Gasteiger partial charge in [-0.3, -0.25) is 9.69 Å². The van der Waals surface area contributed by atoms with E-state index in [1.165, 1.54) is 16.7 Å². The summed E-state index contributed by atoms with van der Waals surface area (Å²) >= 11 is 1.65. The van der Waals surface area contributed by atoms with Crippen LogP contribution in [-0.4, -0.2) is 30.4 Å². The van der Waals surface area contributed by atoms with Crippen molar-refractivity contribution in [3.63, 3.8) is 0 Å². The zero-order chi connectivity index (χ0) is 22.1. The standard InChI is InChI=1S/C27H27N3OS/c1-20-4-9-25-24(15-20)27(19-30(25)26(31)16-23-3-2-14-32-23)10-12-29(13-11-27)18-22-7-5-21(17-28)6-8-22/h2-9,14-15H,10-13,16,18-19H2,1H3. The van der Waals surface area contributed by atoms with Gasteiger partial charge >= 0.3 is 0 Å². The Morgan fingerprint density at radius 3 is 2.59 bits per heavy atom. The second-order valence-corrected chi connectivity index (χ2v) is 10.2. The molecule has 0 saturated carbocycles. The molecule has 0 atom stereocenters. The van der Waals surface area contributed by atoms with E-state index in [0.29, 0.717) is 12.0 Å². The number of rotatable bonds is 4. The lowest BCUT2D eigenvalue weighted by atomic mass is 9.74. The number of carbonyl (C=O) groups is 1.